The molecule has 124 valence electrons. The van der Waals surface area contributed by atoms with Gasteiger partial charge in [0.05, 0.1) is 16.9 Å². The van der Waals surface area contributed by atoms with Gasteiger partial charge in [0.15, 0.2) is 5.12 Å². The molecule has 1 aromatic rings. The van der Waals surface area contributed by atoms with E-state index >= 15 is 0 Å². The van der Waals surface area contributed by atoms with Crippen LogP contribution in [-0.2, 0) is 14.1 Å². The van der Waals surface area contributed by atoms with Gasteiger partial charge in [0.2, 0.25) is 0 Å². The Morgan fingerprint density at radius 1 is 1.26 bits per heavy atom. The normalized spacial score (nSPS) is 19.9. The molecule has 2 rings (SSSR count). The molecule has 1 aliphatic heterocycles. The minimum atomic E-state index is -0.522. The van der Waals surface area contributed by atoms with E-state index in [-0.39, 0.29) is 5.12 Å². The second kappa shape index (κ2) is 6.63. The van der Waals surface area contributed by atoms with Crippen LogP contribution in [-0.4, -0.2) is 39.4 Å². The highest BCUT2D eigenvalue weighted by molar-refractivity contribution is 8.13. The summed E-state index contributed by atoms with van der Waals surface area (Å²) in [5.41, 5.74) is 6.16. The molecular weight excluding hydrogens is 313 g/mol. The number of hydrogen-bond donors (Lipinski definition) is 1. The Kier molecular flexibility index (Phi) is 5.18. The van der Waals surface area contributed by atoms with Crippen LogP contribution in [0.4, 0.5) is 5.82 Å². The number of nitrogen functional groups attached to an aromatic ring is 1. The van der Waals surface area contributed by atoms with Crippen LogP contribution in [0.25, 0.3) is 6.08 Å². The maximum atomic E-state index is 11.3. The van der Waals surface area contributed by atoms with Crippen molar-refractivity contribution in [1.29, 1.82) is 0 Å². The highest BCUT2D eigenvalue weighted by atomic mass is 32.2. The lowest BCUT2D eigenvalue weighted by atomic mass is 9.78. The Balaban J connectivity index is 2.28. The van der Waals surface area contributed by atoms with Crippen LogP contribution in [0, 0.1) is 0 Å². The smallest absolute Gasteiger partial charge is 0.400 e. The lowest BCUT2D eigenvalue weighted by Crippen LogP contribution is -2.41. The van der Waals surface area contributed by atoms with E-state index in [1.165, 1.54) is 18.7 Å². The van der Waals surface area contributed by atoms with E-state index in [2.05, 4.69) is 10.2 Å². The Hall–Kier alpha value is -1.38. The van der Waals surface area contributed by atoms with Gasteiger partial charge in [0.25, 0.3) is 0 Å². The first-order valence-corrected chi connectivity index (χ1v) is 8.38. The lowest BCUT2D eigenvalue weighted by molar-refractivity contribution is -0.109. The number of nitrogens with zero attached hydrogens (tertiary/aromatic N) is 2. The number of hydrogen-bond acceptors (Lipinski definition) is 7. The van der Waals surface area contributed by atoms with Crippen LogP contribution in [0.15, 0.2) is 17.6 Å². The fourth-order valence-electron chi connectivity index (χ4n) is 1.98. The van der Waals surface area contributed by atoms with Gasteiger partial charge in [-0.25, -0.2) is 0 Å². The zero-order chi connectivity index (χ0) is 17.3. The third kappa shape index (κ3) is 4.34. The molecule has 1 aromatic heterocycles. The van der Waals surface area contributed by atoms with E-state index in [9.17, 15) is 4.79 Å². The molecule has 0 aliphatic carbocycles. The van der Waals surface area contributed by atoms with Crippen molar-refractivity contribution in [1.82, 2.24) is 10.2 Å². The molecule has 2 N–H and O–H groups in total. The first-order chi connectivity index (χ1) is 10.6. The summed E-state index contributed by atoms with van der Waals surface area (Å²) in [5, 5.41) is 7.91. The van der Waals surface area contributed by atoms with E-state index in [1.54, 1.807) is 12.1 Å². The Morgan fingerprint density at radius 3 is 2.35 bits per heavy atom. The van der Waals surface area contributed by atoms with E-state index in [0.717, 1.165) is 5.47 Å². The van der Waals surface area contributed by atoms with Crippen LogP contribution < -0.4 is 5.73 Å². The van der Waals surface area contributed by atoms with Crippen molar-refractivity contribution >= 4 is 35.9 Å². The molecule has 0 unspecified atom stereocenters. The zero-order valence-electron chi connectivity index (χ0n) is 14.1. The minimum absolute atomic E-state index is 0.0378. The molecule has 0 aromatic carbocycles. The van der Waals surface area contributed by atoms with E-state index in [0.29, 0.717) is 17.3 Å². The monoisotopic (exact) mass is 335 g/mol. The Labute approximate surface area is 141 Å². The molecule has 0 bridgehead atoms. The summed E-state index contributed by atoms with van der Waals surface area (Å²) in [4.78, 5) is 11.3. The van der Waals surface area contributed by atoms with Gasteiger partial charge in [-0.3, -0.25) is 4.79 Å². The number of thioether (sulfide) groups is 1. The third-order valence-electron chi connectivity index (χ3n) is 4.04. The largest absolute Gasteiger partial charge is 0.491 e. The highest BCUT2D eigenvalue weighted by Crippen LogP contribution is 2.39. The average molecular weight is 335 g/mol. The minimum Gasteiger partial charge on any atom is -0.400 e. The fourth-order valence-corrected chi connectivity index (χ4v) is 2.57. The number of rotatable bonds is 4. The van der Waals surface area contributed by atoms with Crippen molar-refractivity contribution in [2.75, 3.05) is 11.5 Å². The second-order valence-corrected chi connectivity index (χ2v) is 7.62. The predicted molar refractivity (Wildman–Crippen MR) is 93.6 cm³/mol. The van der Waals surface area contributed by atoms with Gasteiger partial charge in [0.1, 0.15) is 5.82 Å². The molecule has 0 spiro atoms. The van der Waals surface area contributed by atoms with Crippen LogP contribution in [0.5, 0.6) is 0 Å². The van der Waals surface area contributed by atoms with Gasteiger partial charge in [-0.15, -0.1) is 10.2 Å². The summed E-state index contributed by atoms with van der Waals surface area (Å²) in [6.45, 7) is 9.50. The molecular formula is C15H22BN3O3S. The van der Waals surface area contributed by atoms with Gasteiger partial charge < -0.3 is 15.0 Å². The van der Waals surface area contributed by atoms with Crippen molar-refractivity contribution in [2.45, 2.75) is 45.8 Å². The Morgan fingerprint density at radius 2 is 1.87 bits per heavy atom. The quantitative estimate of drug-likeness (QED) is 0.845. The molecule has 0 amide bonds. The van der Waals surface area contributed by atoms with Gasteiger partial charge >= 0.3 is 7.12 Å². The summed E-state index contributed by atoms with van der Waals surface area (Å²) in [5.74, 6) is 0.829. The van der Waals surface area contributed by atoms with Gasteiger partial charge in [-0.2, -0.15) is 0 Å². The lowest BCUT2D eigenvalue weighted by Gasteiger charge is -2.32. The maximum absolute atomic E-state index is 11.3. The summed E-state index contributed by atoms with van der Waals surface area (Å²) < 4.78 is 12.1. The average Bonchev–Trinajstić information content (AvgIpc) is 2.65. The van der Waals surface area contributed by atoms with Crippen molar-refractivity contribution in [3.63, 3.8) is 0 Å². The Bertz CT molecular complexity index is 601. The van der Waals surface area contributed by atoms with E-state index in [4.69, 9.17) is 15.0 Å². The van der Waals surface area contributed by atoms with Gasteiger partial charge in [0, 0.05) is 12.7 Å². The van der Waals surface area contributed by atoms with Crippen LogP contribution in [0.1, 0.15) is 40.3 Å². The number of carbonyl (C=O) groups is 1. The van der Waals surface area contributed by atoms with Crippen molar-refractivity contribution in [3.05, 3.63) is 23.3 Å². The van der Waals surface area contributed by atoms with Crippen molar-refractivity contribution < 1.29 is 14.1 Å². The fraction of sp³-hybridized carbons (Fsp3) is 0.533. The summed E-state index contributed by atoms with van der Waals surface area (Å²) in [6.07, 6.45) is 1.84. The molecule has 2 heterocycles. The molecule has 1 aliphatic rings. The number of aromatic nitrogens is 2. The highest BCUT2D eigenvalue weighted by Gasteiger charge is 2.52. The maximum Gasteiger partial charge on any atom is 0.491 e. The van der Waals surface area contributed by atoms with Crippen LogP contribution in [0.2, 0.25) is 0 Å². The van der Waals surface area contributed by atoms with E-state index in [1.807, 2.05) is 33.8 Å². The first kappa shape index (κ1) is 18.0. The first-order valence-electron chi connectivity index (χ1n) is 7.39. The molecule has 1 saturated heterocycles. The topological polar surface area (TPSA) is 87.3 Å². The summed E-state index contributed by atoms with van der Waals surface area (Å²) >= 11 is 1.21. The van der Waals surface area contributed by atoms with E-state index < -0.39 is 18.3 Å². The number of carbonyl (C=O) groups excluding carboxylic acids is 1. The van der Waals surface area contributed by atoms with Crippen LogP contribution >= 0.6 is 11.8 Å². The molecule has 0 atom stereocenters. The third-order valence-corrected chi connectivity index (χ3v) is 4.92. The van der Waals surface area contributed by atoms with Crippen molar-refractivity contribution in [3.8, 4) is 0 Å². The molecule has 8 heteroatoms. The van der Waals surface area contributed by atoms with Gasteiger partial charge in [-0.05, 0) is 51.4 Å². The summed E-state index contributed by atoms with van der Waals surface area (Å²) in [7, 11) is -0.522. The summed E-state index contributed by atoms with van der Waals surface area (Å²) in [6, 6.07) is 3.45. The molecule has 23 heavy (non-hydrogen) atoms. The standard InChI is InChI=1S/C15H22BN3O3S/c1-10(20)23-9-11(8-12-6-7-13(17)19-18-12)16-21-14(2,3)15(4,5)22-16/h6-8H,9H2,1-5H3,(H2,17,19). The molecule has 6 nitrogen and oxygen atoms in total. The molecule has 0 saturated carbocycles. The van der Waals surface area contributed by atoms with Crippen LogP contribution in [0.3, 0.4) is 0 Å². The predicted octanol–water partition coefficient (Wildman–Crippen LogP) is 2.35. The number of nitrogens with two attached hydrogens (primary N) is 1. The van der Waals surface area contributed by atoms with Crippen molar-refractivity contribution in [2.24, 2.45) is 0 Å². The second-order valence-electron chi connectivity index (χ2n) is 6.47. The SMILES string of the molecule is CC(=O)SCC(=Cc1ccc(N)nn1)B1OC(C)(C)C(C)(C)O1. The molecule has 1 fully saturated rings. The molecule has 0 radical (unpaired) electrons. The number of anilines is 1. The van der Waals surface area contributed by atoms with Gasteiger partial charge in [-0.1, -0.05) is 11.8 Å². The zero-order valence-corrected chi connectivity index (χ0v) is 14.9.